The van der Waals surface area contributed by atoms with Crippen molar-refractivity contribution in [3.05, 3.63) is 23.8 Å². The standard InChI is InChI=1S/C13H15F3N2O/c1-2-3-6-18-11-4-5-12(10(7-11)8-17)19-9-13(14,15)16/h4-5,7,18H,2-3,6,9H2,1H3. The molecule has 0 heterocycles. The molecule has 0 radical (unpaired) electrons. The van der Waals surface area contributed by atoms with E-state index < -0.39 is 12.8 Å². The van der Waals surface area contributed by atoms with Crippen LogP contribution in [0.3, 0.4) is 0 Å². The van der Waals surface area contributed by atoms with Crippen molar-refractivity contribution in [1.82, 2.24) is 0 Å². The quantitative estimate of drug-likeness (QED) is 0.803. The first kappa shape index (κ1) is 15.2. The van der Waals surface area contributed by atoms with E-state index in [1.165, 1.54) is 12.1 Å². The van der Waals surface area contributed by atoms with E-state index in [4.69, 9.17) is 5.26 Å². The van der Waals surface area contributed by atoms with E-state index in [2.05, 4.69) is 17.0 Å². The number of halogens is 3. The van der Waals surface area contributed by atoms with Crippen LogP contribution in [0.4, 0.5) is 18.9 Å². The Hall–Kier alpha value is -1.90. The number of ether oxygens (including phenoxy) is 1. The Morgan fingerprint density at radius 2 is 2.11 bits per heavy atom. The molecule has 0 saturated heterocycles. The highest BCUT2D eigenvalue weighted by atomic mass is 19.4. The summed E-state index contributed by atoms with van der Waals surface area (Å²) < 4.78 is 40.7. The molecule has 3 nitrogen and oxygen atoms in total. The van der Waals surface area contributed by atoms with E-state index in [0.29, 0.717) is 5.69 Å². The van der Waals surface area contributed by atoms with Crippen LogP contribution in [0.5, 0.6) is 5.75 Å². The molecular formula is C13H15F3N2O. The third-order valence-corrected chi connectivity index (χ3v) is 2.35. The molecule has 0 aromatic heterocycles. The van der Waals surface area contributed by atoms with Crippen LogP contribution in [0.25, 0.3) is 0 Å². The molecule has 0 amide bonds. The maximum atomic E-state index is 12.0. The lowest BCUT2D eigenvalue weighted by molar-refractivity contribution is -0.153. The van der Waals surface area contributed by atoms with Crippen molar-refractivity contribution in [2.45, 2.75) is 25.9 Å². The van der Waals surface area contributed by atoms with Gasteiger partial charge in [0.15, 0.2) is 6.61 Å². The average Bonchev–Trinajstić information content (AvgIpc) is 2.36. The molecule has 6 heteroatoms. The van der Waals surface area contributed by atoms with Gasteiger partial charge >= 0.3 is 6.18 Å². The Kier molecular flexibility index (Phi) is 5.49. The van der Waals surface area contributed by atoms with Crippen molar-refractivity contribution in [2.75, 3.05) is 18.5 Å². The van der Waals surface area contributed by atoms with Gasteiger partial charge in [-0.15, -0.1) is 0 Å². The summed E-state index contributed by atoms with van der Waals surface area (Å²) in [4.78, 5) is 0. The number of nitrogens with one attached hydrogen (secondary N) is 1. The molecule has 0 atom stereocenters. The number of hydrogen-bond donors (Lipinski definition) is 1. The Morgan fingerprint density at radius 3 is 2.68 bits per heavy atom. The Bertz CT molecular complexity index is 452. The predicted octanol–water partition coefficient (Wildman–Crippen LogP) is 3.71. The van der Waals surface area contributed by atoms with Crippen molar-refractivity contribution in [3.8, 4) is 11.8 Å². The lowest BCUT2D eigenvalue weighted by Crippen LogP contribution is -2.19. The largest absolute Gasteiger partial charge is 0.483 e. The number of hydrogen-bond acceptors (Lipinski definition) is 3. The molecule has 0 spiro atoms. The highest BCUT2D eigenvalue weighted by Crippen LogP contribution is 2.24. The van der Waals surface area contributed by atoms with E-state index in [9.17, 15) is 13.2 Å². The minimum Gasteiger partial charge on any atom is -0.483 e. The molecule has 1 N–H and O–H groups in total. The number of nitriles is 1. The molecule has 104 valence electrons. The highest BCUT2D eigenvalue weighted by molar-refractivity contribution is 5.55. The highest BCUT2D eigenvalue weighted by Gasteiger charge is 2.28. The van der Waals surface area contributed by atoms with Gasteiger partial charge in [-0.2, -0.15) is 18.4 Å². The van der Waals surface area contributed by atoms with Crippen LogP contribution in [0, 0.1) is 11.3 Å². The summed E-state index contributed by atoms with van der Waals surface area (Å²) in [5.41, 5.74) is 0.787. The summed E-state index contributed by atoms with van der Waals surface area (Å²) in [5, 5.41) is 12.0. The van der Waals surface area contributed by atoms with Gasteiger partial charge in [0.1, 0.15) is 11.8 Å². The number of nitrogens with zero attached hydrogens (tertiary/aromatic N) is 1. The van der Waals surface area contributed by atoms with Gasteiger partial charge in [0.05, 0.1) is 5.56 Å². The van der Waals surface area contributed by atoms with Crippen LogP contribution < -0.4 is 10.1 Å². The van der Waals surface area contributed by atoms with E-state index in [-0.39, 0.29) is 11.3 Å². The number of anilines is 1. The second-order valence-electron chi connectivity index (χ2n) is 4.01. The van der Waals surface area contributed by atoms with Crippen LogP contribution >= 0.6 is 0 Å². The number of rotatable bonds is 6. The van der Waals surface area contributed by atoms with Gasteiger partial charge < -0.3 is 10.1 Å². The Labute approximate surface area is 110 Å². The summed E-state index contributed by atoms with van der Waals surface area (Å²) in [6.07, 6.45) is -2.40. The molecule has 0 aliphatic rings. The summed E-state index contributed by atoms with van der Waals surface area (Å²) in [5.74, 6) is -0.0548. The summed E-state index contributed by atoms with van der Waals surface area (Å²) in [6, 6.07) is 6.29. The summed E-state index contributed by atoms with van der Waals surface area (Å²) in [6.45, 7) is 1.41. The molecule has 0 unspecified atom stereocenters. The fourth-order valence-electron chi connectivity index (χ4n) is 1.42. The topological polar surface area (TPSA) is 45.0 Å². The van der Waals surface area contributed by atoms with Crippen LogP contribution in [-0.2, 0) is 0 Å². The zero-order chi connectivity index (χ0) is 14.3. The number of benzene rings is 1. The lowest BCUT2D eigenvalue weighted by Gasteiger charge is -2.12. The van der Waals surface area contributed by atoms with Gasteiger partial charge in [0.2, 0.25) is 0 Å². The monoisotopic (exact) mass is 272 g/mol. The Morgan fingerprint density at radius 1 is 1.37 bits per heavy atom. The number of alkyl halides is 3. The van der Waals surface area contributed by atoms with Crippen molar-refractivity contribution < 1.29 is 17.9 Å². The minimum atomic E-state index is -4.41. The molecule has 0 bridgehead atoms. The van der Waals surface area contributed by atoms with E-state index in [0.717, 1.165) is 19.4 Å². The van der Waals surface area contributed by atoms with Crippen molar-refractivity contribution >= 4 is 5.69 Å². The third kappa shape index (κ3) is 5.51. The molecular weight excluding hydrogens is 257 g/mol. The van der Waals surface area contributed by atoms with Crippen molar-refractivity contribution in [3.63, 3.8) is 0 Å². The smallest absolute Gasteiger partial charge is 0.422 e. The maximum Gasteiger partial charge on any atom is 0.422 e. The molecule has 19 heavy (non-hydrogen) atoms. The third-order valence-electron chi connectivity index (χ3n) is 2.35. The van der Waals surface area contributed by atoms with Gasteiger partial charge in [0, 0.05) is 12.2 Å². The first-order chi connectivity index (χ1) is 8.96. The molecule has 1 aromatic rings. The summed E-state index contributed by atoms with van der Waals surface area (Å²) >= 11 is 0. The van der Waals surface area contributed by atoms with E-state index in [1.54, 1.807) is 6.07 Å². The first-order valence-corrected chi connectivity index (χ1v) is 5.94. The van der Waals surface area contributed by atoms with Crippen LogP contribution in [-0.4, -0.2) is 19.3 Å². The van der Waals surface area contributed by atoms with Crippen molar-refractivity contribution in [2.24, 2.45) is 0 Å². The average molecular weight is 272 g/mol. The van der Waals surface area contributed by atoms with Crippen LogP contribution in [0.1, 0.15) is 25.3 Å². The normalized spacial score (nSPS) is 10.9. The zero-order valence-corrected chi connectivity index (χ0v) is 10.5. The Balaban J connectivity index is 2.71. The van der Waals surface area contributed by atoms with Crippen molar-refractivity contribution in [1.29, 1.82) is 5.26 Å². The first-order valence-electron chi connectivity index (χ1n) is 5.94. The molecule has 0 aliphatic heterocycles. The SMILES string of the molecule is CCCCNc1ccc(OCC(F)(F)F)c(C#N)c1. The fraction of sp³-hybridized carbons (Fsp3) is 0.462. The van der Waals surface area contributed by atoms with Gasteiger partial charge in [-0.3, -0.25) is 0 Å². The zero-order valence-electron chi connectivity index (χ0n) is 10.5. The van der Waals surface area contributed by atoms with Gasteiger partial charge in [0.25, 0.3) is 0 Å². The summed E-state index contributed by atoms with van der Waals surface area (Å²) in [7, 11) is 0. The molecule has 0 aliphatic carbocycles. The van der Waals surface area contributed by atoms with E-state index in [1.807, 2.05) is 6.07 Å². The van der Waals surface area contributed by atoms with Gasteiger partial charge in [-0.1, -0.05) is 13.3 Å². The molecule has 0 saturated carbocycles. The second kappa shape index (κ2) is 6.88. The maximum absolute atomic E-state index is 12.0. The fourth-order valence-corrected chi connectivity index (χ4v) is 1.42. The van der Waals surface area contributed by atoms with E-state index >= 15 is 0 Å². The van der Waals surface area contributed by atoms with Gasteiger partial charge in [-0.25, -0.2) is 0 Å². The van der Waals surface area contributed by atoms with Gasteiger partial charge in [-0.05, 0) is 24.6 Å². The van der Waals surface area contributed by atoms with Crippen LogP contribution in [0.15, 0.2) is 18.2 Å². The minimum absolute atomic E-state index is 0.0548. The predicted molar refractivity (Wildman–Crippen MR) is 66.1 cm³/mol. The van der Waals surface area contributed by atoms with Crippen LogP contribution in [0.2, 0.25) is 0 Å². The molecule has 1 rings (SSSR count). The second-order valence-corrected chi connectivity index (χ2v) is 4.01. The lowest BCUT2D eigenvalue weighted by atomic mass is 10.2. The molecule has 0 fully saturated rings. The molecule has 1 aromatic carbocycles. The number of unbranched alkanes of at least 4 members (excludes halogenated alkanes) is 1.